The summed E-state index contributed by atoms with van der Waals surface area (Å²) in [5.41, 5.74) is 15.8. The number of anilines is 3. The predicted octanol–water partition coefficient (Wildman–Crippen LogP) is 14.4. The number of benzene rings is 9. The fourth-order valence-electron chi connectivity index (χ4n) is 9.91. The van der Waals surface area contributed by atoms with Gasteiger partial charge in [-0.25, -0.2) is 0 Å². The Hall–Kier alpha value is -7.62. The second kappa shape index (κ2) is 12.7. The van der Waals surface area contributed by atoms with Crippen LogP contribution in [0, 0.1) is 0 Å². The standard InChI is InChI=1S/C55H36N2O/c1-3-17-37(18-4-1)38-19-15-22-40(35-38)56(50-29-16-30-51-54(50)44-24-8-12-28-49(44)57(51)39-20-5-2-6-21-39)41-33-34-43-42-23-7-9-25-45(42)55(48(43)36-41)46-26-10-13-31-52(46)58-53-32-14-11-27-47(53)55/h1-36H. The van der Waals surface area contributed by atoms with Crippen LogP contribution in [0.2, 0.25) is 0 Å². The smallest absolute Gasteiger partial charge is 0.132 e. The molecule has 58 heavy (non-hydrogen) atoms. The van der Waals surface area contributed by atoms with Crippen LogP contribution in [0.25, 0.3) is 49.7 Å². The van der Waals surface area contributed by atoms with Crippen LogP contribution in [0.3, 0.4) is 0 Å². The molecule has 2 heterocycles. The first-order valence-corrected chi connectivity index (χ1v) is 19.9. The van der Waals surface area contributed by atoms with E-state index in [1.165, 1.54) is 49.7 Å². The topological polar surface area (TPSA) is 17.4 Å². The van der Waals surface area contributed by atoms with Gasteiger partial charge in [-0.2, -0.15) is 0 Å². The van der Waals surface area contributed by atoms with Crippen LogP contribution in [-0.4, -0.2) is 4.57 Å². The van der Waals surface area contributed by atoms with Crippen molar-refractivity contribution in [3.63, 3.8) is 0 Å². The van der Waals surface area contributed by atoms with Crippen molar-refractivity contribution < 1.29 is 4.74 Å². The van der Waals surface area contributed by atoms with E-state index in [4.69, 9.17) is 4.74 Å². The molecule has 0 bridgehead atoms. The van der Waals surface area contributed by atoms with E-state index in [1.807, 2.05) is 0 Å². The van der Waals surface area contributed by atoms with Crippen molar-refractivity contribution >= 4 is 38.9 Å². The van der Waals surface area contributed by atoms with Gasteiger partial charge in [-0.1, -0.05) is 152 Å². The molecule has 1 spiro atoms. The van der Waals surface area contributed by atoms with Crippen LogP contribution in [0.4, 0.5) is 17.1 Å². The molecule has 0 atom stereocenters. The van der Waals surface area contributed by atoms with Gasteiger partial charge in [0.15, 0.2) is 0 Å². The third kappa shape index (κ3) is 4.62. The Balaban J connectivity index is 1.18. The predicted molar refractivity (Wildman–Crippen MR) is 238 cm³/mol. The van der Waals surface area contributed by atoms with E-state index < -0.39 is 5.41 Å². The fourth-order valence-corrected chi connectivity index (χ4v) is 9.91. The molecule has 1 aromatic heterocycles. The maximum atomic E-state index is 6.68. The monoisotopic (exact) mass is 740 g/mol. The lowest BCUT2D eigenvalue weighted by Crippen LogP contribution is -2.32. The number of hydrogen-bond donors (Lipinski definition) is 0. The summed E-state index contributed by atoms with van der Waals surface area (Å²) in [6.45, 7) is 0. The Labute approximate surface area is 337 Å². The molecule has 272 valence electrons. The van der Waals surface area contributed by atoms with Gasteiger partial charge in [0.1, 0.15) is 11.5 Å². The summed E-state index contributed by atoms with van der Waals surface area (Å²) in [5.74, 6) is 1.78. The van der Waals surface area contributed by atoms with Gasteiger partial charge < -0.3 is 14.2 Å². The normalized spacial score (nSPS) is 13.1. The van der Waals surface area contributed by atoms with Crippen molar-refractivity contribution in [2.75, 3.05) is 4.90 Å². The lowest BCUT2D eigenvalue weighted by Gasteiger charge is -2.39. The molecule has 0 radical (unpaired) electrons. The maximum absolute atomic E-state index is 6.68. The quantitative estimate of drug-likeness (QED) is 0.175. The molecule has 0 N–H and O–H groups in total. The van der Waals surface area contributed by atoms with Crippen molar-refractivity contribution in [2.24, 2.45) is 0 Å². The molecule has 0 saturated heterocycles. The molecule has 12 rings (SSSR count). The van der Waals surface area contributed by atoms with Gasteiger partial charge in [0.25, 0.3) is 0 Å². The number of fused-ring (bicyclic) bond motifs is 12. The Morgan fingerprint density at radius 2 is 0.983 bits per heavy atom. The molecule has 3 nitrogen and oxygen atoms in total. The minimum absolute atomic E-state index is 0.583. The third-order valence-corrected chi connectivity index (χ3v) is 12.2. The van der Waals surface area contributed by atoms with E-state index in [-0.39, 0.29) is 0 Å². The van der Waals surface area contributed by atoms with E-state index in [9.17, 15) is 0 Å². The highest BCUT2D eigenvalue weighted by molar-refractivity contribution is 6.16. The largest absolute Gasteiger partial charge is 0.457 e. The molecule has 1 aliphatic carbocycles. The van der Waals surface area contributed by atoms with Gasteiger partial charge in [-0.05, 0) is 100 Å². The molecule has 10 aromatic rings. The molecule has 0 saturated carbocycles. The Kier molecular flexibility index (Phi) is 7.14. The first-order valence-electron chi connectivity index (χ1n) is 19.9. The van der Waals surface area contributed by atoms with Crippen molar-refractivity contribution in [1.82, 2.24) is 4.57 Å². The summed E-state index contributed by atoms with van der Waals surface area (Å²) in [4.78, 5) is 2.48. The van der Waals surface area contributed by atoms with Crippen LogP contribution in [-0.2, 0) is 5.41 Å². The average molecular weight is 741 g/mol. The lowest BCUT2D eigenvalue weighted by atomic mass is 9.66. The summed E-state index contributed by atoms with van der Waals surface area (Å²) < 4.78 is 9.08. The zero-order chi connectivity index (χ0) is 38.2. The lowest BCUT2D eigenvalue weighted by molar-refractivity contribution is 0.436. The van der Waals surface area contributed by atoms with Crippen molar-refractivity contribution in [3.8, 4) is 39.4 Å². The highest BCUT2D eigenvalue weighted by Crippen LogP contribution is 2.62. The minimum atomic E-state index is -0.583. The Bertz CT molecular complexity index is 3170. The summed E-state index contributed by atoms with van der Waals surface area (Å²) in [6, 6.07) is 79.2. The van der Waals surface area contributed by atoms with E-state index >= 15 is 0 Å². The Morgan fingerprint density at radius 1 is 0.397 bits per heavy atom. The van der Waals surface area contributed by atoms with Gasteiger partial charge in [-0.15, -0.1) is 0 Å². The number of rotatable bonds is 5. The van der Waals surface area contributed by atoms with Crippen LogP contribution < -0.4 is 9.64 Å². The van der Waals surface area contributed by atoms with Crippen molar-refractivity contribution in [1.29, 1.82) is 0 Å². The van der Waals surface area contributed by atoms with Crippen molar-refractivity contribution in [3.05, 3.63) is 241 Å². The zero-order valence-corrected chi connectivity index (χ0v) is 31.6. The first kappa shape index (κ1) is 32.6. The van der Waals surface area contributed by atoms with Gasteiger partial charge >= 0.3 is 0 Å². The molecule has 9 aromatic carbocycles. The minimum Gasteiger partial charge on any atom is -0.457 e. The molecular formula is C55H36N2O. The molecule has 2 aliphatic rings. The fraction of sp³-hybridized carbons (Fsp3) is 0.0182. The van der Waals surface area contributed by atoms with Gasteiger partial charge in [0, 0.05) is 39.0 Å². The second-order valence-corrected chi connectivity index (χ2v) is 15.2. The third-order valence-electron chi connectivity index (χ3n) is 12.2. The highest BCUT2D eigenvalue weighted by Gasteiger charge is 2.51. The average Bonchev–Trinajstić information content (AvgIpc) is 3.78. The SMILES string of the molecule is c1ccc(-c2cccc(N(c3ccc4c(c3)C3(c5ccccc5Oc5ccccc53)c3ccccc3-4)c3cccc4c3c3ccccc3n4-c3ccccc3)c2)cc1. The van der Waals surface area contributed by atoms with E-state index in [1.54, 1.807) is 0 Å². The zero-order valence-electron chi connectivity index (χ0n) is 31.6. The molecule has 3 heteroatoms. The molecular weight excluding hydrogens is 705 g/mol. The molecule has 0 unspecified atom stereocenters. The van der Waals surface area contributed by atoms with Crippen molar-refractivity contribution in [2.45, 2.75) is 5.41 Å². The summed E-state index contributed by atoms with van der Waals surface area (Å²) in [5, 5.41) is 2.41. The molecule has 0 amide bonds. The first-order chi connectivity index (χ1) is 28.8. The van der Waals surface area contributed by atoms with Gasteiger partial charge in [0.05, 0.1) is 22.1 Å². The van der Waals surface area contributed by atoms with E-state index in [0.29, 0.717) is 0 Å². The van der Waals surface area contributed by atoms with Gasteiger partial charge in [0.2, 0.25) is 0 Å². The summed E-state index contributed by atoms with van der Waals surface area (Å²) in [6.07, 6.45) is 0. The highest BCUT2D eigenvalue weighted by atomic mass is 16.5. The maximum Gasteiger partial charge on any atom is 0.132 e. The number of aromatic nitrogens is 1. The van der Waals surface area contributed by atoms with Crippen LogP contribution in [0.5, 0.6) is 11.5 Å². The van der Waals surface area contributed by atoms with Gasteiger partial charge in [-0.3, -0.25) is 0 Å². The van der Waals surface area contributed by atoms with E-state index in [0.717, 1.165) is 50.9 Å². The number of para-hydroxylation sites is 4. The summed E-state index contributed by atoms with van der Waals surface area (Å²) in [7, 11) is 0. The van der Waals surface area contributed by atoms with Crippen LogP contribution in [0.15, 0.2) is 218 Å². The van der Waals surface area contributed by atoms with Crippen LogP contribution >= 0.6 is 0 Å². The number of ether oxygens (including phenoxy) is 1. The summed E-state index contributed by atoms with van der Waals surface area (Å²) >= 11 is 0. The molecule has 1 aliphatic heterocycles. The number of hydrogen-bond acceptors (Lipinski definition) is 2. The number of nitrogens with zero attached hydrogens (tertiary/aromatic N) is 2. The van der Waals surface area contributed by atoms with E-state index in [2.05, 4.69) is 228 Å². The Morgan fingerprint density at radius 3 is 1.78 bits per heavy atom. The molecule has 0 fully saturated rings. The van der Waals surface area contributed by atoms with Crippen LogP contribution in [0.1, 0.15) is 22.3 Å². The second-order valence-electron chi connectivity index (χ2n) is 15.2.